The molecule has 28 heavy (non-hydrogen) atoms. The summed E-state index contributed by atoms with van der Waals surface area (Å²) in [4.78, 5) is 19.2. The van der Waals surface area contributed by atoms with Gasteiger partial charge in [0.1, 0.15) is 5.65 Å². The van der Waals surface area contributed by atoms with Crippen LogP contribution in [0.1, 0.15) is 22.3 Å². The quantitative estimate of drug-likeness (QED) is 0.520. The van der Waals surface area contributed by atoms with E-state index in [-0.39, 0.29) is 5.91 Å². The first-order valence-corrected chi connectivity index (χ1v) is 9.37. The van der Waals surface area contributed by atoms with Crippen LogP contribution in [0.5, 0.6) is 0 Å². The number of benzene rings is 1. The molecule has 142 valence electrons. The summed E-state index contributed by atoms with van der Waals surface area (Å²) in [6.07, 6.45) is 9.52. The van der Waals surface area contributed by atoms with Gasteiger partial charge < -0.3 is 9.30 Å². The molecule has 0 fully saturated rings. The number of pyridine rings is 1. The highest BCUT2D eigenvalue weighted by Gasteiger charge is 2.13. The Kier molecular flexibility index (Phi) is 4.93. The third-order valence-corrected chi connectivity index (χ3v) is 4.83. The monoisotopic (exact) mass is 373 g/mol. The van der Waals surface area contributed by atoms with Gasteiger partial charge >= 0.3 is 0 Å². The summed E-state index contributed by atoms with van der Waals surface area (Å²) in [5.74, 6) is 0.0167. The van der Waals surface area contributed by atoms with E-state index < -0.39 is 0 Å². The van der Waals surface area contributed by atoms with E-state index in [0.29, 0.717) is 12.1 Å². The lowest BCUT2D eigenvalue weighted by molar-refractivity contribution is 0.0793. The lowest BCUT2D eigenvalue weighted by Gasteiger charge is -2.17. The average Bonchev–Trinajstić information content (AvgIpc) is 3.33. The summed E-state index contributed by atoms with van der Waals surface area (Å²) in [5, 5.41) is 4.18. The molecule has 4 rings (SSSR count). The van der Waals surface area contributed by atoms with Gasteiger partial charge in [-0.15, -0.1) is 0 Å². The number of fused-ring (bicyclic) bond motifs is 1. The fourth-order valence-corrected chi connectivity index (χ4v) is 3.31. The molecule has 0 N–H and O–H groups in total. The van der Waals surface area contributed by atoms with Crippen molar-refractivity contribution in [1.29, 1.82) is 0 Å². The molecular weight excluding hydrogens is 350 g/mol. The molecule has 1 aromatic carbocycles. The average molecular weight is 373 g/mol. The number of aryl methyl sites for hydroxylation is 2. The minimum Gasteiger partial charge on any atom is -0.342 e. The van der Waals surface area contributed by atoms with Gasteiger partial charge in [-0.25, -0.2) is 4.98 Å². The SMILES string of the molecule is CN(CCCc1cnn(C)c1)C(=O)c1ccc2nc(-c3ccccc3)cn2c1. The normalized spacial score (nSPS) is 11.1. The topological polar surface area (TPSA) is 55.4 Å². The molecule has 0 aliphatic carbocycles. The van der Waals surface area contributed by atoms with Crippen LogP contribution in [0.4, 0.5) is 0 Å². The van der Waals surface area contributed by atoms with Crippen LogP contribution < -0.4 is 0 Å². The maximum atomic E-state index is 12.8. The largest absolute Gasteiger partial charge is 0.342 e. The highest BCUT2D eigenvalue weighted by molar-refractivity contribution is 5.94. The maximum Gasteiger partial charge on any atom is 0.255 e. The van der Waals surface area contributed by atoms with Gasteiger partial charge in [0.15, 0.2) is 0 Å². The van der Waals surface area contributed by atoms with Crippen LogP contribution in [0.3, 0.4) is 0 Å². The van der Waals surface area contributed by atoms with E-state index in [1.165, 1.54) is 5.56 Å². The number of carbonyl (C=O) groups is 1. The fraction of sp³-hybridized carbons (Fsp3) is 0.227. The molecule has 0 saturated carbocycles. The van der Waals surface area contributed by atoms with Gasteiger partial charge in [0, 0.05) is 44.8 Å². The molecule has 0 aliphatic rings. The second-order valence-corrected chi connectivity index (χ2v) is 7.03. The van der Waals surface area contributed by atoms with Crippen molar-refractivity contribution in [2.24, 2.45) is 7.05 Å². The van der Waals surface area contributed by atoms with Crippen molar-refractivity contribution in [2.45, 2.75) is 12.8 Å². The van der Waals surface area contributed by atoms with Crippen molar-refractivity contribution >= 4 is 11.6 Å². The molecule has 0 aliphatic heterocycles. The number of hydrogen-bond acceptors (Lipinski definition) is 3. The van der Waals surface area contributed by atoms with E-state index in [1.807, 2.05) is 85.7 Å². The van der Waals surface area contributed by atoms with Crippen molar-refractivity contribution in [1.82, 2.24) is 24.1 Å². The number of nitrogens with zero attached hydrogens (tertiary/aromatic N) is 5. The van der Waals surface area contributed by atoms with Crippen molar-refractivity contribution in [2.75, 3.05) is 13.6 Å². The van der Waals surface area contributed by atoms with Gasteiger partial charge in [-0.05, 0) is 30.5 Å². The van der Waals surface area contributed by atoms with Crippen LogP contribution in [0.15, 0.2) is 67.3 Å². The molecular formula is C22H23N5O. The highest BCUT2D eigenvalue weighted by atomic mass is 16.2. The lowest BCUT2D eigenvalue weighted by atomic mass is 10.2. The number of aromatic nitrogens is 4. The Morgan fingerprint density at radius 2 is 1.89 bits per heavy atom. The van der Waals surface area contributed by atoms with Crippen LogP contribution in [0.2, 0.25) is 0 Å². The zero-order chi connectivity index (χ0) is 19.5. The Labute approximate surface area is 164 Å². The minimum atomic E-state index is 0.0167. The van der Waals surface area contributed by atoms with Crippen LogP contribution >= 0.6 is 0 Å². The number of amides is 1. The van der Waals surface area contributed by atoms with E-state index >= 15 is 0 Å². The van der Waals surface area contributed by atoms with Gasteiger partial charge in [-0.2, -0.15) is 5.10 Å². The predicted molar refractivity (Wildman–Crippen MR) is 109 cm³/mol. The van der Waals surface area contributed by atoms with Gasteiger partial charge in [0.05, 0.1) is 17.5 Å². The first kappa shape index (κ1) is 18.0. The van der Waals surface area contributed by atoms with E-state index in [0.717, 1.165) is 29.7 Å². The summed E-state index contributed by atoms with van der Waals surface area (Å²) in [6.45, 7) is 0.699. The minimum absolute atomic E-state index is 0.0167. The summed E-state index contributed by atoms with van der Waals surface area (Å²) in [6, 6.07) is 13.8. The van der Waals surface area contributed by atoms with Gasteiger partial charge in [-0.3, -0.25) is 9.48 Å². The molecule has 0 atom stereocenters. The Morgan fingerprint density at radius 1 is 1.07 bits per heavy atom. The fourth-order valence-electron chi connectivity index (χ4n) is 3.31. The lowest BCUT2D eigenvalue weighted by Crippen LogP contribution is -2.28. The van der Waals surface area contributed by atoms with E-state index in [9.17, 15) is 4.79 Å². The van der Waals surface area contributed by atoms with Gasteiger partial charge in [-0.1, -0.05) is 30.3 Å². The Bertz CT molecular complexity index is 1100. The summed E-state index contributed by atoms with van der Waals surface area (Å²) in [7, 11) is 3.76. The molecule has 0 radical (unpaired) electrons. The smallest absolute Gasteiger partial charge is 0.255 e. The molecule has 0 bridgehead atoms. The van der Waals surface area contributed by atoms with E-state index in [2.05, 4.69) is 10.1 Å². The molecule has 3 heterocycles. The first-order chi connectivity index (χ1) is 13.6. The van der Waals surface area contributed by atoms with Crippen molar-refractivity contribution in [3.63, 3.8) is 0 Å². The Morgan fingerprint density at radius 3 is 2.64 bits per heavy atom. The van der Waals surface area contributed by atoms with Crippen LogP contribution in [-0.4, -0.2) is 43.6 Å². The van der Waals surface area contributed by atoms with E-state index in [1.54, 1.807) is 9.58 Å². The van der Waals surface area contributed by atoms with Crippen molar-refractivity contribution < 1.29 is 4.79 Å². The number of imidazole rings is 1. The second kappa shape index (κ2) is 7.68. The number of hydrogen-bond donors (Lipinski definition) is 0. The first-order valence-electron chi connectivity index (χ1n) is 9.37. The Hall–Kier alpha value is -3.41. The van der Waals surface area contributed by atoms with Crippen molar-refractivity contribution in [3.8, 4) is 11.3 Å². The zero-order valence-corrected chi connectivity index (χ0v) is 16.1. The molecule has 4 aromatic rings. The van der Waals surface area contributed by atoms with Crippen LogP contribution in [0, 0.1) is 0 Å². The summed E-state index contributed by atoms with van der Waals surface area (Å²) >= 11 is 0. The molecule has 3 aromatic heterocycles. The highest BCUT2D eigenvalue weighted by Crippen LogP contribution is 2.19. The number of rotatable bonds is 6. The third-order valence-electron chi connectivity index (χ3n) is 4.83. The van der Waals surface area contributed by atoms with Crippen LogP contribution in [0.25, 0.3) is 16.9 Å². The number of carbonyl (C=O) groups excluding carboxylic acids is 1. The maximum absolute atomic E-state index is 12.8. The molecule has 0 saturated heterocycles. The second-order valence-electron chi connectivity index (χ2n) is 7.03. The van der Waals surface area contributed by atoms with Crippen LogP contribution in [-0.2, 0) is 13.5 Å². The van der Waals surface area contributed by atoms with E-state index in [4.69, 9.17) is 0 Å². The molecule has 0 spiro atoms. The van der Waals surface area contributed by atoms with Gasteiger partial charge in [0.2, 0.25) is 0 Å². The van der Waals surface area contributed by atoms with Crippen molar-refractivity contribution in [3.05, 3.63) is 78.4 Å². The zero-order valence-electron chi connectivity index (χ0n) is 16.1. The molecule has 6 nitrogen and oxygen atoms in total. The molecule has 6 heteroatoms. The Balaban J connectivity index is 1.44. The summed E-state index contributed by atoms with van der Waals surface area (Å²) in [5.41, 5.74) is 4.64. The molecule has 0 unspecified atom stereocenters. The molecule has 1 amide bonds. The third kappa shape index (κ3) is 3.81. The summed E-state index contributed by atoms with van der Waals surface area (Å²) < 4.78 is 3.72. The predicted octanol–water partition coefficient (Wildman–Crippen LogP) is 3.44. The standard InChI is InChI=1S/C22H23N5O/c1-25(12-6-7-17-13-23-26(2)14-17)22(28)19-10-11-21-24-20(16-27(21)15-19)18-8-4-3-5-9-18/h3-5,8-11,13-16H,6-7,12H2,1-2H3. The van der Waals surface area contributed by atoms with Gasteiger partial charge in [0.25, 0.3) is 5.91 Å².